The van der Waals surface area contributed by atoms with Crippen molar-refractivity contribution in [2.24, 2.45) is 0 Å². The van der Waals surface area contributed by atoms with Crippen LogP contribution < -0.4 is 20.1 Å². The molecular weight excluding hydrogens is 396 g/mol. The van der Waals surface area contributed by atoms with Crippen molar-refractivity contribution in [1.29, 1.82) is 0 Å². The largest absolute Gasteiger partial charge is 0.497 e. The minimum absolute atomic E-state index is 0.00315. The van der Waals surface area contributed by atoms with Crippen molar-refractivity contribution in [1.82, 2.24) is 9.78 Å². The molecule has 0 aliphatic carbocycles. The summed E-state index contributed by atoms with van der Waals surface area (Å²) in [5, 5.41) is 10.1. The molecule has 0 aliphatic rings. The van der Waals surface area contributed by atoms with Crippen molar-refractivity contribution < 1.29 is 19.1 Å². The fraction of sp³-hybridized carbons (Fsp3) is 0.150. The third kappa shape index (κ3) is 6.25. The van der Waals surface area contributed by atoms with Crippen LogP contribution in [0.1, 0.15) is 0 Å². The normalized spacial score (nSPS) is 10.3. The summed E-state index contributed by atoms with van der Waals surface area (Å²) in [6, 6.07) is 13.7. The zero-order chi connectivity index (χ0) is 20.6. The lowest BCUT2D eigenvalue weighted by Crippen LogP contribution is -2.20. The second-order valence-electron chi connectivity index (χ2n) is 5.99. The highest BCUT2D eigenvalue weighted by Gasteiger charge is 2.09. The fourth-order valence-corrected chi connectivity index (χ4v) is 2.54. The first-order valence-corrected chi connectivity index (χ1v) is 9.04. The molecule has 0 aliphatic heterocycles. The van der Waals surface area contributed by atoms with Gasteiger partial charge in [-0.15, -0.1) is 0 Å². The highest BCUT2D eigenvalue weighted by molar-refractivity contribution is 6.30. The Hall–Kier alpha value is -3.52. The molecule has 150 valence electrons. The van der Waals surface area contributed by atoms with Gasteiger partial charge in [-0.05, 0) is 48.5 Å². The molecule has 2 N–H and O–H groups in total. The SMILES string of the molecule is COc1ccc(NC(=O)Cn2cc(NC(=O)COc3ccc(Cl)cc3)cn2)cc1. The number of benzene rings is 2. The summed E-state index contributed by atoms with van der Waals surface area (Å²) in [5.74, 6) is 0.648. The number of methoxy groups -OCH3 is 1. The minimum Gasteiger partial charge on any atom is -0.497 e. The highest BCUT2D eigenvalue weighted by Crippen LogP contribution is 2.16. The maximum atomic E-state index is 12.1. The van der Waals surface area contributed by atoms with Gasteiger partial charge in [-0.1, -0.05) is 11.6 Å². The molecular formula is C20H19ClN4O4. The first-order chi connectivity index (χ1) is 14.0. The lowest BCUT2D eigenvalue weighted by atomic mass is 10.3. The first-order valence-electron chi connectivity index (χ1n) is 8.66. The lowest BCUT2D eigenvalue weighted by molar-refractivity contribution is -0.118. The Bertz CT molecular complexity index is 971. The fourth-order valence-electron chi connectivity index (χ4n) is 2.41. The summed E-state index contributed by atoms with van der Waals surface area (Å²) >= 11 is 5.80. The number of carbonyl (C=O) groups is 2. The molecule has 0 saturated heterocycles. The molecule has 2 aromatic carbocycles. The molecule has 0 radical (unpaired) electrons. The third-order valence-corrected chi connectivity index (χ3v) is 4.03. The number of rotatable bonds is 8. The van der Waals surface area contributed by atoms with E-state index < -0.39 is 0 Å². The molecule has 0 fully saturated rings. The Labute approximate surface area is 172 Å². The topological polar surface area (TPSA) is 94.5 Å². The zero-order valence-electron chi connectivity index (χ0n) is 15.6. The number of hydrogen-bond acceptors (Lipinski definition) is 5. The average Bonchev–Trinajstić information content (AvgIpc) is 3.14. The van der Waals surface area contributed by atoms with Gasteiger partial charge in [0, 0.05) is 16.9 Å². The number of ether oxygens (including phenoxy) is 2. The molecule has 0 unspecified atom stereocenters. The van der Waals surface area contributed by atoms with E-state index in [-0.39, 0.29) is 25.0 Å². The van der Waals surface area contributed by atoms with Gasteiger partial charge in [-0.3, -0.25) is 14.3 Å². The predicted octanol–water partition coefficient (Wildman–Crippen LogP) is 3.20. The smallest absolute Gasteiger partial charge is 0.262 e. The third-order valence-electron chi connectivity index (χ3n) is 3.78. The number of amides is 2. The van der Waals surface area contributed by atoms with Crippen molar-refractivity contribution >= 4 is 34.8 Å². The molecule has 2 amide bonds. The van der Waals surface area contributed by atoms with Crippen LogP contribution in [-0.4, -0.2) is 35.3 Å². The number of hydrogen-bond donors (Lipinski definition) is 2. The standard InChI is InChI=1S/C20H19ClN4O4/c1-28-17-8-4-15(5-9-17)23-19(26)12-25-11-16(10-22-25)24-20(27)13-29-18-6-2-14(21)3-7-18/h2-11H,12-13H2,1H3,(H,23,26)(H,24,27). The van der Waals surface area contributed by atoms with Gasteiger partial charge in [0.05, 0.1) is 19.0 Å². The van der Waals surface area contributed by atoms with Crippen LogP contribution in [-0.2, 0) is 16.1 Å². The Morgan fingerprint density at radius 2 is 1.62 bits per heavy atom. The second kappa shape index (κ2) is 9.61. The van der Waals surface area contributed by atoms with Gasteiger partial charge in [0.2, 0.25) is 5.91 Å². The molecule has 1 aromatic heterocycles. The molecule has 0 saturated carbocycles. The van der Waals surface area contributed by atoms with Crippen molar-refractivity contribution in [2.75, 3.05) is 24.4 Å². The number of aromatic nitrogens is 2. The van der Waals surface area contributed by atoms with E-state index in [1.54, 1.807) is 61.8 Å². The van der Waals surface area contributed by atoms with E-state index in [1.807, 2.05) is 0 Å². The summed E-state index contributed by atoms with van der Waals surface area (Å²) < 4.78 is 11.9. The van der Waals surface area contributed by atoms with Crippen molar-refractivity contribution in [3.05, 3.63) is 65.9 Å². The number of nitrogens with one attached hydrogen (secondary N) is 2. The van der Waals surface area contributed by atoms with Gasteiger partial charge >= 0.3 is 0 Å². The number of halogens is 1. The number of carbonyl (C=O) groups excluding carboxylic acids is 2. The Kier molecular flexibility index (Phi) is 6.70. The second-order valence-corrected chi connectivity index (χ2v) is 6.43. The van der Waals surface area contributed by atoms with Crippen molar-refractivity contribution in [2.45, 2.75) is 6.54 Å². The summed E-state index contributed by atoms with van der Waals surface area (Å²) in [6.07, 6.45) is 3.02. The van der Waals surface area contributed by atoms with Crippen LogP contribution in [0.5, 0.6) is 11.5 Å². The maximum absolute atomic E-state index is 12.1. The van der Waals surface area contributed by atoms with Crippen molar-refractivity contribution in [3.8, 4) is 11.5 Å². The van der Waals surface area contributed by atoms with E-state index in [4.69, 9.17) is 21.1 Å². The number of nitrogens with zero attached hydrogens (tertiary/aromatic N) is 2. The average molecular weight is 415 g/mol. The Balaban J connectivity index is 1.46. The molecule has 0 spiro atoms. The van der Waals surface area contributed by atoms with E-state index in [2.05, 4.69) is 15.7 Å². The quantitative estimate of drug-likeness (QED) is 0.590. The van der Waals surface area contributed by atoms with Gasteiger partial charge in [0.15, 0.2) is 6.61 Å². The van der Waals surface area contributed by atoms with Gasteiger partial charge in [-0.25, -0.2) is 0 Å². The van der Waals surface area contributed by atoms with Crippen LogP contribution in [0.2, 0.25) is 5.02 Å². The van der Waals surface area contributed by atoms with Crippen LogP contribution in [0, 0.1) is 0 Å². The molecule has 1 heterocycles. The Morgan fingerprint density at radius 1 is 0.966 bits per heavy atom. The number of anilines is 2. The van der Waals surface area contributed by atoms with Crippen molar-refractivity contribution in [3.63, 3.8) is 0 Å². The first kappa shape index (κ1) is 20.2. The predicted molar refractivity (Wildman–Crippen MR) is 109 cm³/mol. The monoisotopic (exact) mass is 414 g/mol. The summed E-state index contributed by atoms with van der Waals surface area (Å²) in [6.45, 7) is -0.159. The van der Waals surface area contributed by atoms with Gasteiger partial charge in [0.25, 0.3) is 5.91 Å². The maximum Gasteiger partial charge on any atom is 0.262 e. The van der Waals surface area contributed by atoms with E-state index in [0.717, 1.165) is 0 Å². The Morgan fingerprint density at radius 3 is 2.31 bits per heavy atom. The van der Waals surface area contributed by atoms with Crippen LogP contribution in [0.15, 0.2) is 60.9 Å². The summed E-state index contributed by atoms with van der Waals surface area (Å²) in [7, 11) is 1.57. The van der Waals surface area contributed by atoms with E-state index >= 15 is 0 Å². The minimum atomic E-state index is -0.345. The molecule has 0 bridgehead atoms. The molecule has 9 heteroatoms. The van der Waals surface area contributed by atoms with E-state index in [9.17, 15) is 9.59 Å². The van der Waals surface area contributed by atoms with Gasteiger partial charge in [0.1, 0.15) is 18.0 Å². The highest BCUT2D eigenvalue weighted by atomic mass is 35.5. The summed E-state index contributed by atoms with van der Waals surface area (Å²) in [5.41, 5.74) is 1.11. The van der Waals surface area contributed by atoms with E-state index in [0.29, 0.717) is 27.9 Å². The van der Waals surface area contributed by atoms with Crippen LogP contribution in [0.4, 0.5) is 11.4 Å². The molecule has 29 heavy (non-hydrogen) atoms. The summed E-state index contributed by atoms with van der Waals surface area (Å²) in [4.78, 5) is 24.1. The molecule has 3 aromatic rings. The zero-order valence-corrected chi connectivity index (χ0v) is 16.3. The lowest BCUT2D eigenvalue weighted by Gasteiger charge is -2.07. The van der Waals surface area contributed by atoms with Gasteiger partial charge < -0.3 is 20.1 Å². The van der Waals surface area contributed by atoms with Crippen LogP contribution in [0.3, 0.4) is 0 Å². The molecule has 0 atom stereocenters. The van der Waals surface area contributed by atoms with Gasteiger partial charge in [-0.2, -0.15) is 5.10 Å². The van der Waals surface area contributed by atoms with E-state index in [1.165, 1.54) is 10.9 Å². The molecule has 3 rings (SSSR count). The molecule has 8 nitrogen and oxygen atoms in total. The van der Waals surface area contributed by atoms with Crippen LogP contribution >= 0.6 is 11.6 Å². The van der Waals surface area contributed by atoms with Crippen LogP contribution in [0.25, 0.3) is 0 Å².